The highest BCUT2D eigenvalue weighted by Gasteiger charge is 2.37. The van der Waals surface area contributed by atoms with Crippen LogP contribution in [-0.4, -0.2) is 57.8 Å². The fourth-order valence-corrected chi connectivity index (χ4v) is 5.78. The fourth-order valence-electron chi connectivity index (χ4n) is 5.78. The van der Waals surface area contributed by atoms with Gasteiger partial charge in [0.2, 0.25) is 0 Å². The summed E-state index contributed by atoms with van der Waals surface area (Å²) < 4.78 is 4.85. The number of aliphatic hydroxyl groups excluding tert-OH is 3. The summed E-state index contributed by atoms with van der Waals surface area (Å²) in [6.07, 6.45) is 7.39. The molecule has 0 aromatic carbocycles. The summed E-state index contributed by atoms with van der Waals surface area (Å²) in [6.45, 7) is 7.96. The van der Waals surface area contributed by atoms with Crippen molar-refractivity contribution in [3.63, 3.8) is 0 Å². The molecule has 1 aliphatic rings. The van der Waals surface area contributed by atoms with Crippen LogP contribution in [0.1, 0.15) is 79.1 Å². The normalized spacial score (nSPS) is 24.0. The monoisotopic (exact) mass is 521 g/mol. The molecule has 0 heterocycles. The first kappa shape index (κ1) is 32.8. The molecule has 1 aliphatic carbocycles. The summed E-state index contributed by atoms with van der Waals surface area (Å²) in [7, 11) is 1.36. The van der Waals surface area contributed by atoms with Crippen LogP contribution < -0.4 is 0 Å². The number of rotatable bonds is 16. The molecule has 8 nitrogen and oxygen atoms in total. The Morgan fingerprint density at radius 2 is 1.65 bits per heavy atom. The van der Waals surface area contributed by atoms with Crippen LogP contribution in [0, 0.1) is 46.8 Å². The predicted octanol–water partition coefficient (Wildman–Crippen LogP) is 4.24. The molecule has 0 spiro atoms. The van der Waals surface area contributed by atoms with Crippen molar-refractivity contribution in [1.29, 1.82) is 5.26 Å². The number of methoxy groups -OCH3 is 1. The molecule has 0 radical (unpaired) electrons. The second-order valence-electron chi connectivity index (χ2n) is 11.2. The molecule has 0 unspecified atom stereocenters. The molecule has 37 heavy (non-hydrogen) atoms. The van der Waals surface area contributed by atoms with Gasteiger partial charge < -0.3 is 25.2 Å². The Morgan fingerprint density at radius 3 is 2.22 bits per heavy atom. The van der Waals surface area contributed by atoms with Crippen LogP contribution >= 0.6 is 0 Å². The Bertz CT molecular complexity index is 818. The summed E-state index contributed by atoms with van der Waals surface area (Å²) >= 11 is 0. The zero-order valence-electron chi connectivity index (χ0n) is 23.0. The maximum Gasteiger partial charge on any atom is 0.309 e. The van der Waals surface area contributed by atoms with Crippen molar-refractivity contribution in [2.45, 2.75) is 97.4 Å². The minimum atomic E-state index is -1.00. The molecular weight excluding hydrogens is 474 g/mol. The number of aliphatic carboxylic acids is 1. The first-order valence-corrected chi connectivity index (χ1v) is 13.5. The quantitative estimate of drug-likeness (QED) is 0.134. The summed E-state index contributed by atoms with van der Waals surface area (Å²) in [5, 5.41) is 49.7. The van der Waals surface area contributed by atoms with Crippen molar-refractivity contribution in [3.8, 4) is 6.07 Å². The summed E-state index contributed by atoms with van der Waals surface area (Å²) in [6, 6.07) is 2.08. The van der Waals surface area contributed by atoms with Gasteiger partial charge in [-0.3, -0.25) is 9.59 Å². The summed E-state index contributed by atoms with van der Waals surface area (Å²) in [5.41, 5.74) is 0.261. The average molecular weight is 522 g/mol. The average Bonchev–Trinajstić information content (AvgIpc) is 3.32. The number of aliphatic hydroxyl groups is 3. The standard InChI is InChI=1S/C29H47NO7/c1-18(14-20(3)26(32)16-27(33)34)13-19(2)15-21(4)28(35)22(17-30)9-6-7-12-25(31)23-10-8-11-24(23)29(36)37-5/h6-7,9,18-21,23-26,28,31-32,35H,8,10-16H2,1-5H3,(H,33,34)/b7-6+,22-9-/t18-,19+,20-,21-,23+,24+,25-,26-,28+/m0/s1. The number of carboxylic acids is 1. The Morgan fingerprint density at radius 1 is 1.03 bits per heavy atom. The van der Waals surface area contributed by atoms with E-state index in [4.69, 9.17) is 9.84 Å². The van der Waals surface area contributed by atoms with Crippen molar-refractivity contribution in [2.75, 3.05) is 7.11 Å². The van der Waals surface area contributed by atoms with Crippen molar-refractivity contribution >= 4 is 11.9 Å². The zero-order valence-corrected chi connectivity index (χ0v) is 23.0. The fraction of sp³-hybridized carbons (Fsp3) is 0.759. The predicted molar refractivity (Wildman–Crippen MR) is 141 cm³/mol. The number of nitrogens with zero attached hydrogens (tertiary/aromatic N) is 1. The lowest BCUT2D eigenvalue weighted by atomic mass is 9.82. The number of esters is 1. The number of allylic oxidation sites excluding steroid dienone is 2. The van der Waals surface area contributed by atoms with Crippen molar-refractivity contribution in [1.82, 2.24) is 0 Å². The highest BCUT2D eigenvalue weighted by Crippen LogP contribution is 2.36. The van der Waals surface area contributed by atoms with Gasteiger partial charge in [0.1, 0.15) is 0 Å². The van der Waals surface area contributed by atoms with Gasteiger partial charge in [-0.2, -0.15) is 5.26 Å². The smallest absolute Gasteiger partial charge is 0.309 e. The number of carbonyl (C=O) groups is 2. The number of hydrogen-bond donors (Lipinski definition) is 4. The molecule has 1 fully saturated rings. The Balaban J connectivity index is 2.57. The molecule has 4 N–H and O–H groups in total. The Kier molecular flexibility index (Phi) is 14.7. The second kappa shape index (κ2) is 16.6. The third kappa shape index (κ3) is 11.4. The lowest BCUT2D eigenvalue weighted by molar-refractivity contribution is -0.148. The van der Waals surface area contributed by atoms with Crippen LogP contribution in [0.25, 0.3) is 0 Å². The van der Waals surface area contributed by atoms with Gasteiger partial charge >= 0.3 is 11.9 Å². The lowest BCUT2D eigenvalue weighted by Gasteiger charge is -2.26. The maximum atomic E-state index is 11.9. The largest absolute Gasteiger partial charge is 0.481 e. The van der Waals surface area contributed by atoms with E-state index in [0.29, 0.717) is 6.42 Å². The lowest BCUT2D eigenvalue weighted by Crippen LogP contribution is -2.29. The molecule has 0 amide bonds. The van der Waals surface area contributed by atoms with E-state index in [9.17, 15) is 30.2 Å². The first-order valence-electron chi connectivity index (χ1n) is 13.5. The molecule has 0 bridgehead atoms. The van der Waals surface area contributed by atoms with Crippen LogP contribution in [0.3, 0.4) is 0 Å². The van der Waals surface area contributed by atoms with Gasteiger partial charge in [-0.1, -0.05) is 46.3 Å². The number of nitriles is 1. The molecule has 0 aromatic rings. The third-order valence-corrected chi connectivity index (χ3v) is 7.74. The van der Waals surface area contributed by atoms with Gasteiger partial charge in [0, 0.05) is 0 Å². The van der Waals surface area contributed by atoms with Gasteiger partial charge in [0.25, 0.3) is 0 Å². The Hall–Kier alpha value is -2.21. The van der Waals surface area contributed by atoms with Gasteiger partial charge in [0.05, 0.1) is 49.4 Å². The number of hydrogen-bond acceptors (Lipinski definition) is 7. The van der Waals surface area contributed by atoms with Crippen LogP contribution in [0.15, 0.2) is 23.8 Å². The van der Waals surface area contributed by atoms with Gasteiger partial charge in [-0.25, -0.2) is 0 Å². The van der Waals surface area contributed by atoms with Gasteiger partial charge in [-0.15, -0.1) is 0 Å². The van der Waals surface area contributed by atoms with Crippen LogP contribution in [0.2, 0.25) is 0 Å². The van der Waals surface area contributed by atoms with Gasteiger partial charge in [-0.05, 0) is 74.2 Å². The van der Waals surface area contributed by atoms with E-state index in [1.807, 2.05) is 13.8 Å². The van der Waals surface area contributed by atoms with E-state index >= 15 is 0 Å². The molecule has 0 saturated heterocycles. The SMILES string of the molecule is COC(=O)[C@@H]1CCC[C@H]1[C@@H](O)C/C=C/C=C(/C#N)[C@H](O)[C@@H](C)C[C@H](C)C[C@H](C)C[C@H](C)[C@@H](O)CC(=O)O. The van der Waals surface area contributed by atoms with Crippen LogP contribution in [-0.2, 0) is 14.3 Å². The third-order valence-electron chi connectivity index (χ3n) is 7.74. The topological polar surface area (TPSA) is 148 Å². The van der Waals surface area contributed by atoms with E-state index in [1.54, 1.807) is 18.2 Å². The molecule has 210 valence electrons. The first-order chi connectivity index (χ1) is 17.4. The zero-order chi connectivity index (χ0) is 28.1. The summed E-state index contributed by atoms with van der Waals surface area (Å²) in [5.74, 6) is -1.36. The van der Waals surface area contributed by atoms with E-state index in [2.05, 4.69) is 19.9 Å². The minimum absolute atomic E-state index is 0.111. The summed E-state index contributed by atoms with van der Waals surface area (Å²) in [4.78, 5) is 22.7. The molecule has 0 aliphatic heterocycles. The van der Waals surface area contributed by atoms with Crippen molar-refractivity contribution in [3.05, 3.63) is 23.8 Å². The number of carboxylic acid groups (broad SMARTS) is 1. The van der Waals surface area contributed by atoms with E-state index in [-0.39, 0.29) is 53.5 Å². The van der Waals surface area contributed by atoms with E-state index < -0.39 is 24.3 Å². The van der Waals surface area contributed by atoms with Crippen LogP contribution in [0.5, 0.6) is 0 Å². The van der Waals surface area contributed by atoms with Crippen LogP contribution in [0.4, 0.5) is 0 Å². The van der Waals surface area contributed by atoms with Crippen molar-refractivity contribution < 1.29 is 34.8 Å². The highest BCUT2D eigenvalue weighted by atomic mass is 16.5. The number of ether oxygens (including phenoxy) is 1. The molecule has 8 heteroatoms. The molecule has 1 saturated carbocycles. The van der Waals surface area contributed by atoms with Gasteiger partial charge in [0.15, 0.2) is 0 Å². The second-order valence-corrected chi connectivity index (χ2v) is 11.2. The van der Waals surface area contributed by atoms with E-state index in [0.717, 1.165) is 38.5 Å². The van der Waals surface area contributed by atoms with Crippen molar-refractivity contribution in [2.24, 2.45) is 35.5 Å². The maximum absolute atomic E-state index is 11.9. The molecule has 0 aromatic heterocycles. The number of carbonyl (C=O) groups excluding carboxylic acids is 1. The molecular formula is C29H47NO7. The minimum Gasteiger partial charge on any atom is -0.481 e. The Labute approximate surface area is 222 Å². The van der Waals surface area contributed by atoms with E-state index in [1.165, 1.54) is 7.11 Å². The molecule has 1 rings (SSSR count). The molecule has 9 atom stereocenters. The highest BCUT2D eigenvalue weighted by molar-refractivity contribution is 5.73.